The molecule has 3 N–H and O–H groups in total. The van der Waals surface area contributed by atoms with E-state index in [9.17, 15) is 19.2 Å². The van der Waals surface area contributed by atoms with Gasteiger partial charge in [0.2, 0.25) is 0 Å². The summed E-state index contributed by atoms with van der Waals surface area (Å²) in [4.78, 5) is 30.1. The number of H-pyrrole nitrogens is 1. The van der Waals surface area contributed by atoms with Gasteiger partial charge in [-0.05, 0) is 47.5 Å². The number of nitrogens with zero attached hydrogens (tertiary/aromatic N) is 2. The van der Waals surface area contributed by atoms with Crippen molar-refractivity contribution in [2.75, 3.05) is 26.9 Å². The van der Waals surface area contributed by atoms with E-state index >= 15 is 0 Å². The molecule has 1 unspecified atom stereocenters. The van der Waals surface area contributed by atoms with Gasteiger partial charge in [-0.3, -0.25) is 9.59 Å². The van der Waals surface area contributed by atoms with Crippen molar-refractivity contribution in [2.45, 2.75) is 6.04 Å². The number of hydrogen-bond acceptors (Lipinski definition) is 5. The number of rotatable bonds is 4. The minimum atomic E-state index is -0.649. The summed E-state index contributed by atoms with van der Waals surface area (Å²) in [6, 6.07) is 14.6. The Hall–Kier alpha value is -4.42. The molecule has 0 saturated carbocycles. The van der Waals surface area contributed by atoms with Crippen molar-refractivity contribution >= 4 is 33.6 Å². The molecule has 0 radical (unpaired) electrons. The van der Waals surface area contributed by atoms with Gasteiger partial charge < -0.3 is 25.1 Å². The van der Waals surface area contributed by atoms with Crippen LogP contribution in [0.3, 0.4) is 0 Å². The fourth-order valence-corrected chi connectivity index (χ4v) is 4.47. The van der Waals surface area contributed by atoms with Crippen molar-refractivity contribution in [3.8, 4) is 22.9 Å². The van der Waals surface area contributed by atoms with Gasteiger partial charge in [-0.25, -0.2) is 4.39 Å². The molecule has 2 amide bonds. The number of fused-ring (bicyclic) bond motifs is 3. The second kappa shape index (κ2) is 8.74. The van der Waals surface area contributed by atoms with Gasteiger partial charge in [-0.2, -0.15) is 5.26 Å². The van der Waals surface area contributed by atoms with E-state index in [1.807, 2.05) is 6.07 Å². The maximum absolute atomic E-state index is 14.3. The molecular formula is C26H21FN4O4. The zero-order valence-electron chi connectivity index (χ0n) is 18.8. The zero-order valence-corrected chi connectivity index (χ0v) is 18.8. The first-order valence-corrected chi connectivity index (χ1v) is 10.9. The van der Waals surface area contributed by atoms with Crippen LogP contribution in [0.25, 0.3) is 32.9 Å². The van der Waals surface area contributed by atoms with E-state index in [0.29, 0.717) is 46.3 Å². The number of halogens is 1. The molecule has 1 atom stereocenters. The second-order valence-electron chi connectivity index (χ2n) is 8.26. The molecule has 8 nitrogen and oxygen atoms in total. The number of amides is 2. The molecule has 1 aromatic heterocycles. The third-order valence-electron chi connectivity index (χ3n) is 6.24. The minimum Gasteiger partial charge on any atom is -0.494 e. The van der Waals surface area contributed by atoms with E-state index in [4.69, 9.17) is 15.2 Å². The number of nitriles is 1. The van der Waals surface area contributed by atoms with Gasteiger partial charge >= 0.3 is 0 Å². The quantitative estimate of drug-likeness (QED) is 0.470. The summed E-state index contributed by atoms with van der Waals surface area (Å²) in [5, 5.41) is 10.9. The zero-order chi connectivity index (χ0) is 24.7. The van der Waals surface area contributed by atoms with E-state index in [1.54, 1.807) is 30.3 Å². The van der Waals surface area contributed by atoms with Crippen LogP contribution in [-0.2, 0) is 4.74 Å². The molecule has 1 aliphatic heterocycles. The predicted octanol–water partition coefficient (Wildman–Crippen LogP) is 3.60. The summed E-state index contributed by atoms with van der Waals surface area (Å²) >= 11 is 0. The summed E-state index contributed by atoms with van der Waals surface area (Å²) in [6.07, 6.45) is 0. The summed E-state index contributed by atoms with van der Waals surface area (Å²) < 4.78 is 24.6. The molecule has 0 bridgehead atoms. The van der Waals surface area contributed by atoms with E-state index < -0.39 is 17.8 Å². The lowest BCUT2D eigenvalue weighted by molar-refractivity contribution is 0.0132. The molecule has 9 heteroatoms. The average Bonchev–Trinajstić information content (AvgIpc) is 3.25. The number of aromatic amines is 1. The topological polar surface area (TPSA) is 121 Å². The number of aromatic nitrogens is 1. The Bertz CT molecular complexity index is 1540. The molecular weight excluding hydrogens is 451 g/mol. The van der Waals surface area contributed by atoms with Crippen LogP contribution in [-0.4, -0.2) is 54.6 Å². The Morgan fingerprint density at radius 3 is 2.71 bits per heavy atom. The average molecular weight is 472 g/mol. The van der Waals surface area contributed by atoms with E-state index in [1.165, 1.54) is 24.1 Å². The number of nitrogens with two attached hydrogens (primary N) is 1. The first-order chi connectivity index (χ1) is 16.9. The summed E-state index contributed by atoms with van der Waals surface area (Å²) in [6.45, 7) is 0.873. The molecule has 5 rings (SSSR count). The number of morpholine rings is 1. The standard InChI is InChI=1S/C26H21FN4O4/c1-34-23-5-3-14(10-21(23)27)16-8-19-18-4-2-15(26(33)31-6-7-35-13-17(31)12-28)11-22(18)30-24(19)20(9-16)25(29)32/h2-5,8-11,17,30H,6-7,13H2,1H3,(H2,29,32). The summed E-state index contributed by atoms with van der Waals surface area (Å²) in [5.74, 6) is -1.32. The number of ether oxygens (including phenoxy) is 2. The van der Waals surface area contributed by atoms with Gasteiger partial charge in [-0.1, -0.05) is 12.1 Å². The Morgan fingerprint density at radius 1 is 1.17 bits per heavy atom. The molecule has 35 heavy (non-hydrogen) atoms. The highest BCUT2D eigenvalue weighted by atomic mass is 19.1. The minimum absolute atomic E-state index is 0.119. The van der Waals surface area contributed by atoms with Crippen molar-refractivity contribution in [1.82, 2.24) is 9.88 Å². The molecule has 2 heterocycles. The second-order valence-corrected chi connectivity index (χ2v) is 8.26. The fraction of sp³-hybridized carbons (Fsp3) is 0.192. The highest BCUT2D eigenvalue weighted by Crippen LogP contribution is 2.34. The van der Waals surface area contributed by atoms with Crippen molar-refractivity contribution in [2.24, 2.45) is 5.73 Å². The van der Waals surface area contributed by atoms with Crippen LogP contribution in [0.1, 0.15) is 20.7 Å². The van der Waals surface area contributed by atoms with Gasteiger partial charge in [-0.15, -0.1) is 0 Å². The van der Waals surface area contributed by atoms with Crippen LogP contribution in [0.15, 0.2) is 48.5 Å². The first kappa shape index (κ1) is 22.4. The van der Waals surface area contributed by atoms with Crippen molar-refractivity contribution < 1.29 is 23.5 Å². The van der Waals surface area contributed by atoms with E-state index in [0.717, 1.165) is 5.39 Å². The van der Waals surface area contributed by atoms with E-state index in [-0.39, 0.29) is 23.8 Å². The Labute approximate surface area is 199 Å². The van der Waals surface area contributed by atoms with Crippen molar-refractivity contribution in [3.63, 3.8) is 0 Å². The molecule has 0 spiro atoms. The number of nitrogens with one attached hydrogen (secondary N) is 1. The largest absolute Gasteiger partial charge is 0.494 e. The summed E-state index contributed by atoms with van der Waals surface area (Å²) in [7, 11) is 1.39. The number of methoxy groups -OCH3 is 1. The van der Waals surface area contributed by atoms with Gasteiger partial charge in [0.25, 0.3) is 11.8 Å². The third kappa shape index (κ3) is 3.84. The lowest BCUT2D eigenvalue weighted by atomic mass is 9.98. The highest BCUT2D eigenvalue weighted by molar-refractivity contribution is 6.17. The Balaban J connectivity index is 1.63. The summed E-state index contributed by atoms with van der Waals surface area (Å²) in [5.41, 5.74) is 8.65. The first-order valence-electron chi connectivity index (χ1n) is 10.9. The molecule has 1 saturated heterocycles. The lowest BCUT2D eigenvalue weighted by Crippen LogP contribution is -2.47. The van der Waals surface area contributed by atoms with Crippen molar-refractivity contribution in [3.05, 3.63) is 65.5 Å². The lowest BCUT2D eigenvalue weighted by Gasteiger charge is -2.31. The van der Waals surface area contributed by atoms with Gasteiger partial charge in [0.1, 0.15) is 6.04 Å². The fourth-order valence-electron chi connectivity index (χ4n) is 4.47. The maximum Gasteiger partial charge on any atom is 0.255 e. The molecule has 1 fully saturated rings. The normalized spacial score (nSPS) is 15.8. The van der Waals surface area contributed by atoms with Crippen LogP contribution in [0.5, 0.6) is 5.75 Å². The van der Waals surface area contributed by atoms with Crippen molar-refractivity contribution in [1.29, 1.82) is 5.26 Å². The van der Waals surface area contributed by atoms with Crippen LogP contribution in [0.4, 0.5) is 4.39 Å². The maximum atomic E-state index is 14.3. The molecule has 1 aliphatic rings. The highest BCUT2D eigenvalue weighted by Gasteiger charge is 2.28. The number of hydrogen-bond donors (Lipinski definition) is 2. The third-order valence-corrected chi connectivity index (χ3v) is 6.24. The van der Waals surface area contributed by atoms with Crippen LogP contribution < -0.4 is 10.5 Å². The molecule has 0 aliphatic carbocycles. The Morgan fingerprint density at radius 2 is 2.00 bits per heavy atom. The van der Waals surface area contributed by atoms with Crippen LogP contribution in [0.2, 0.25) is 0 Å². The number of carbonyl (C=O) groups excluding carboxylic acids is 2. The molecule has 3 aromatic carbocycles. The predicted molar refractivity (Wildman–Crippen MR) is 128 cm³/mol. The van der Waals surface area contributed by atoms with Crippen LogP contribution >= 0.6 is 0 Å². The number of primary amides is 1. The smallest absolute Gasteiger partial charge is 0.255 e. The monoisotopic (exact) mass is 472 g/mol. The molecule has 4 aromatic rings. The molecule has 176 valence electrons. The van der Waals surface area contributed by atoms with Gasteiger partial charge in [0.15, 0.2) is 11.6 Å². The SMILES string of the molecule is COc1ccc(-c2cc(C(N)=O)c3[nH]c4cc(C(=O)N5CCOCC5C#N)ccc4c3c2)cc1F. The number of carbonyl (C=O) groups is 2. The van der Waals surface area contributed by atoms with Gasteiger partial charge in [0.05, 0.1) is 37.5 Å². The van der Waals surface area contributed by atoms with E-state index in [2.05, 4.69) is 11.1 Å². The van der Waals surface area contributed by atoms with Crippen LogP contribution in [0, 0.1) is 17.1 Å². The Kier molecular flexibility index (Phi) is 5.59. The number of benzene rings is 3. The van der Waals surface area contributed by atoms with Gasteiger partial charge in [0, 0.05) is 28.4 Å².